The molecule has 100 valence electrons. The summed E-state index contributed by atoms with van der Waals surface area (Å²) < 4.78 is 4.76. The minimum Gasteiger partial charge on any atom is -0.368 e. The van der Waals surface area contributed by atoms with Gasteiger partial charge in [-0.3, -0.25) is 4.79 Å². The van der Waals surface area contributed by atoms with Crippen LogP contribution in [0.15, 0.2) is 47.1 Å². The Hall–Kier alpha value is -2.69. The molecule has 0 unspecified atom stereocenters. The first-order chi connectivity index (χ1) is 9.78. The number of hydrogen-bond acceptors (Lipinski definition) is 5. The molecule has 0 saturated carbocycles. The molecule has 1 aromatic heterocycles. The summed E-state index contributed by atoms with van der Waals surface area (Å²) in [6.07, 6.45) is 0.800. The molecule has 3 aromatic rings. The lowest BCUT2D eigenvalue weighted by molar-refractivity contribution is 0.112. The predicted octanol–water partition coefficient (Wildman–Crippen LogP) is 2.67. The smallest absolute Gasteiger partial charge is 0.158 e. The van der Waals surface area contributed by atoms with Crippen LogP contribution in [-0.4, -0.2) is 23.6 Å². The van der Waals surface area contributed by atoms with E-state index >= 15 is 0 Å². The monoisotopic (exact) mass is 267 g/mol. The van der Waals surface area contributed by atoms with Gasteiger partial charge in [0.15, 0.2) is 5.52 Å². The van der Waals surface area contributed by atoms with Crippen molar-refractivity contribution in [2.75, 3.05) is 11.9 Å². The maximum atomic E-state index is 11.0. The number of fused-ring (bicyclic) bond motifs is 1. The molecular weight excluding hydrogens is 254 g/mol. The van der Waals surface area contributed by atoms with Crippen molar-refractivity contribution in [3.8, 4) is 0 Å². The van der Waals surface area contributed by atoms with Crippen molar-refractivity contribution in [1.29, 1.82) is 0 Å². The van der Waals surface area contributed by atoms with Gasteiger partial charge in [0.2, 0.25) is 0 Å². The van der Waals surface area contributed by atoms with Crippen LogP contribution in [-0.2, 0) is 6.54 Å². The van der Waals surface area contributed by atoms with Gasteiger partial charge in [0.05, 0.1) is 5.69 Å². The third-order valence-corrected chi connectivity index (χ3v) is 3.17. The van der Waals surface area contributed by atoms with E-state index in [2.05, 4.69) is 22.4 Å². The van der Waals surface area contributed by atoms with E-state index in [1.807, 2.05) is 30.1 Å². The molecule has 20 heavy (non-hydrogen) atoms. The van der Waals surface area contributed by atoms with E-state index in [4.69, 9.17) is 4.63 Å². The second kappa shape index (κ2) is 5.13. The molecule has 1 heterocycles. The van der Waals surface area contributed by atoms with E-state index in [0.717, 1.165) is 12.0 Å². The second-order valence-corrected chi connectivity index (χ2v) is 4.63. The van der Waals surface area contributed by atoms with Gasteiger partial charge in [0.1, 0.15) is 11.8 Å². The molecule has 0 aliphatic rings. The van der Waals surface area contributed by atoms with Gasteiger partial charge in [-0.15, -0.1) is 0 Å². The van der Waals surface area contributed by atoms with Crippen LogP contribution < -0.4 is 4.90 Å². The number of nitrogens with zero attached hydrogens (tertiary/aromatic N) is 3. The van der Waals surface area contributed by atoms with Crippen molar-refractivity contribution in [2.24, 2.45) is 0 Å². The van der Waals surface area contributed by atoms with Crippen molar-refractivity contribution in [1.82, 2.24) is 10.3 Å². The molecular formula is C15H13N3O2. The molecule has 0 fully saturated rings. The topological polar surface area (TPSA) is 59.2 Å². The molecule has 0 amide bonds. The Kier molecular flexibility index (Phi) is 3.16. The summed E-state index contributed by atoms with van der Waals surface area (Å²) in [4.78, 5) is 13.0. The van der Waals surface area contributed by atoms with Crippen molar-refractivity contribution in [3.63, 3.8) is 0 Å². The summed E-state index contributed by atoms with van der Waals surface area (Å²) in [5.74, 6) is 0. The molecule has 5 heteroatoms. The number of carbonyl (C=O) groups excluding carboxylic acids is 1. The van der Waals surface area contributed by atoms with Crippen LogP contribution in [0.25, 0.3) is 11.0 Å². The highest BCUT2D eigenvalue weighted by Crippen LogP contribution is 2.26. The van der Waals surface area contributed by atoms with E-state index in [1.165, 1.54) is 5.56 Å². The Morgan fingerprint density at radius 3 is 2.75 bits per heavy atom. The first-order valence-electron chi connectivity index (χ1n) is 6.24. The predicted molar refractivity (Wildman–Crippen MR) is 75.7 cm³/mol. The standard InChI is InChI=1S/C15H13N3O2/c1-18(9-11-5-3-2-4-6-11)14-8-12(10-19)7-13-15(14)17-20-16-13/h2-8,10H,9H2,1H3. The normalized spacial score (nSPS) is 10.7. The average molecular weight is 267 g/mol. The highest BCUT2D eigenvalue weighted by atomic mass is 16.6. The maximum Gasteiger partial charge on any atom is 0.158 e. The SMILES string of the molecule is CN(Cc1ccccc1)c1cc(C=O)cc2nonc12. The Balaban J connectivity index is 2.00. The highest BCUT2D eigenvalue weighted by molar-refractivity contribution is 5.93. The van der Waals surface area contributed by atoms with Gasteiger partial charge in [-0.05, 0) is 28.0 Å². The first kappa shape index (κ1) is 12.3. The molecule has 0 spiro atoms. The van der Waals surface area contributed by atoms with E-state index in [0.29, 0.717) is 23.1 Å². The summed E-state index contributed by atoms with van der Waals surface area (Å²) >= 11 is 0. The van der Waals surface area contributed by atoms with Gasteiger partial charge < -0.3 is 4.90 Å². The van der Waals surface area contributed by atoms with Crippen molar-refractivity contribution >= 4 is 23.0 Å². The van der Waals surface area contributed by atoms with E-state index < -0.39 is 0 Å². The molecule has 0 atom stereocenters. The molecule has 0 N–H and O–H groups in total. The van der Waals surface area contributed by atoms with E-state index in [-0.39, 0.29) is 0 Å². The summed E-state index contributed by atoms with van der Waals surface area (Å²) in [5, 5.41) is 7.72. The first-order valence-corrected chi connectivity index (χ1v) is 6.24. The highest BCUT2D eigenvalue weighted by Gasteiger charge is 2.13. The van der Waals surface area contributed by atoms with Crippen LogP contribution in [0, 0.1) is 0 Å². The molecule has 0 bridgehead atoms. The summed E-state index contributed by atoms with van der Waals surface area (Å²) in [6.45, 7) is 0.713. The number of hydrogen-bond donors (Lipinski definition) is 0. The molecule has 0 radical (unpaired) electrons. The molecule has 0 aliphatic heterocycles. The number of benzene rings is 2. The average Bonchev–Trinajstić information content (AvgIpc) is 2.95. The second-order valence-electron chi connectivity index (χ2n) is 4.63. The van der Waals surface area contributed by atoms with E-state index in [1.54, 1.807) is 12.1 Å². The number of aldehydes is 1. The van der Waals surface area contributed by atoms with Crippen LogP contribution in [0.4, 0.5) is 5.69 Å². The summed E-state index contributed by atoms with van der Waals surface area (Å²) in [5.41, 5.74) is 3.81. The number of aromatic nitrogens is 2. The van der Waals surface area contributed by atoms with Crippen LogP contribution >= 0.6 is 0 Å². The molecule has 0 aliphatic carbocycles. The molecule has 5 nitrogen and oxygen atoms in total. The molecule has 3 rings (SSSR count). The molecule has 2 aromatic carbocycles. The Morgan fingerprint density at radius 1 is 1.20 bits per heavy atom. The van der Waals surface area contributed by atoms with Crippen LogP contribution in [0.3, 0.4) is 0 Å². The lowest BCUT2D eigenvalue weighted by atomic mass is 10.1. The minimum absolute atomic E-state index is 0.558. The quantitative estimate of drug-likeness (QED) is 0.680. The maximum absolute atomic E-state index is 11.0. The van der Waals surface area contributed by atoms with Crippen molar-refractivity contribution in [2.45, 2.75) is 6.54 Å². The lowest BCUT2D eigenvalue weighted by Gasteiger charge is -2.19. The zero-order chi connectivity index (χ0) is 13.9. The van der Waals surface area contributed by atoms with Crippen LogP contribution in [0.5, 0.6) is 0 Å². The third kappa shape index (κ3) is 2.25. The van der Waals surface area contributed by atoms with Gasteiger partial charge in [0.25, 0.3) is 0 Å². The fraction of sp³-hybridized carbons (Fsp3) is 0.133. The van der Waals surface area contributed by atoms with Gasteiger partial charge in [0, 0.05) is 19.2 Å². The fourth-order valence-electron chi connectivity index (χ4n) is 2.20. The largest absolute Gasteiger partial charge is 0.368 e. The Bertz CT molecular complexity index is 737. The third-order valence-electron chi connectivity index (χ3n) is 3.17. The Morgan fingerprint density at radius 2 is 2.00 bits per heavy atom. The van der Waals surface area contributed by atoms with Gasteiger partial charge in [-0.2, -0.15) is 0 Å². The minimum atomic E-state index is 0.558. The number of carbonyl (C=O) groups is 1. The van der Waals surface area contributed by atoms with E-state index in [9.17, 15) is 4.79 Å². The van der Waals surface area contributed by atoms with Crippen LogP contribution in [0.2, 0.25) is 0 Å². The van der Waals surface area contributed by atoms with Gasteiger partial charge in [-0.25, -0.2) is 4.63 Å². The summed E-state index contributed by atoms with van der Waals surface area (Å²) in [6, 6.07) is 13.5. The summed E-state index contributed by atoms with van der Waals surface area (Å²) in [7, 11) is 1.95. The van der Waals surface area contributed by atoms with Gasteiger partial charge >= 0.3 is 0 Å². The fourth-order valence-corrected chi connectivity index (χ4v) is 2.20. The zero-order valence-electron chi connectivity index (χ0n) is 11.0. The Labute approximate surface area is 115 Å². The number of anilines is 1. The van der Waals surface area contributed by atoms with Crippen molar-refractivity contribution in [3.05, 3.63) is 53.6 Å². The lowest BCUT2D eigenvalue weighted by Crippen LogP contribution is -2.17. The number of rotatable bonds is 4. The molecule has 0 saturated heterocycles. The van der Waals surface area contributed by atoms with Gasteiger partial charge in [-0.1, -0.05) is 30.3 Å². The zero-order valence-corrected chi connectivity index (χ0v) is 11.0. The van der Waals surface area contributed by atoms with Crippen molar-refractivity contribution < 1.29 is 9.42 Å². The van der Waals surface area contributed by atoms with Crippen LogP contribution in [0.1, 0.15) is 15.9 Å².